The monoisotopic (exact) mass is 399 g/mol. The first-order valence-corrected chi connectivity index (χ1v) is 12.7. The first kappa shape index (κ1) is 19.0. The molecule has 0 radical (unpaired) electrons. The predicted molar refractivity (Wildman–Crippen MR) is 126 cm³/mol. The van der Waals surface area contributed by atoms with Crippen LogP contribution >= 0.6 is 0 Å². The van der Waals surface area contributed by atoms with E-state index in [4.69, 9.17) is 0 Å². The van der Waals surface area contributed by atoms with Crippen LogP contribution in [-0.4, -0.2) is 6.04 Å². The molecule has 4 saturated carbocycles. The maximum atomic E-state index is 2.74. The Bertz CT molecular complexity index is 850. The smallest absolute Gasteiger partial charge is 0.0413 e. The van der Waals surface area contributed by atoms with Crippen LogP contribution in [0.4, 0.5) is 11.4 Å². The average molecular weight is 400 g/mol. The molecule has 158 valence electrons. The molecular weight excluding hydrogens is 362 g/mol. The molecule has 0 aromatic heterocycles. The van der Waals surface area contributed by atoms with Gasteiger partial charge in [-0.15, -0.1) is 0 Å². The number of aryl methyl sites for hydroxylation is 1. The van der Waals surface area contributed by atoms with Crippen LogP contribution in [0.25, 0.3) is 0 Å². The summed E-state index contributed by atoms with van der Waals surface area (Å²) in [4.78, 5) is 2.74. The molecule has 0 aliphatic heterocycles. The van der Waals surface area contributed by atoms with E-state index in [1.807, 2.05) is 0 Å². The lowest BCUT2D eigenvalue weighted by Crippen LogP contribution is -2.56. The molecule has 4 fully saturated rings. The third-order valence-electron chi connectivity index (χ3n) is 9.51. The summed E-state index contributed by atoms with van der Waals surface area (Å²) in [5.41, 5.74) is 4.14. The van der Waals surface area contributed by atoms with Crippen molar-refractivity contribution in [2.24, 2.45) is 35.5 Å². The first-order chi connectivity index (χ1) is 14.8. The molecule has 7 unspecified atom stereocenters. The molecule has 0 saturated heterocycles. The molecule has 0 heterocycles. The molecule has 30 heavy (non-hydrogen) atoms. The Morgan fingerprint density at radius 2 is 1.20 bits per heavy atom. The molecule has 4 aliphatic rings. The van der Waals surface area contributed by atoms with Crippen molar-refractivity contribution in [3.8, 4) is 0 Å². The Morgan fingerprint density at radius 3 is 1.93 bits per heavy atom. The van der Waals surface area contributed by atoms with E-state index in [0.29, 0.717) is 6.04 Å². The van der Waals surface area contributed by atoms with Gasteiger partial charge in [0.15, 0.2) is 0 Å². The molecule has 1 nitrogen and oxygen atoms in total. The highest BCUT2D eigenvalue weighted by molar-refractivity contribution is 5.64. The predicted octanol–water partition coefficient (Wildman–Crippen LogP) is 7.76. The van der Waals surface area contributed by atoms with E-state index >= 15 is 0 Å². The SMILES string of the molecule is Cc1ccc(N(c2ccccc2)C2CCC3CCC4CCCC5CCC2C3C45)cc1. The number of anilines is 2. The van der Waals surface area contributed by atoms with E-state index in [9.17, 15) is 0 Å². The molecule has 0 N–H and O–H groups in total. The van der Waals surface area contributed by atoms with Crippen molar-refractivity contribution in [3.05, 3.63) is 60.2 Å². The van der Waals surface area contributed by atoms with Gasteiger partial charge in [-0.3, -0.25) is 0 Å². The van der Waals surface area contributed by atoms with Gasteiger partial charge >= 0.3 is 0 Å². The molecule has 0 bridgehead atoms. The third-order valence-corrected chi connectivity index (χ3v) is 9.51. The molecular formula is C29H37N. The maximum Gasteiger partial charge on any atom is 0.0413 e. The van der Waals surface area contributed by atoms with Crippen molar-refractivity contribution in [2.75, 3.05) is 4.90 Å². The van der Waals surface area contributed by atoms with Crippen molar-refractivity contribution in [1.82, 2.24) is 0 Å². The molecule has 1 heteroatoms. The zero-order chi connectivity index (χ0) is 20.1. The van der Waals surface area contributed by atoms with E-state index in [-0.39, 0.29) is 0 Å². The molecule has 2 aromatic carbocycles. The summed E-state index contributed by atoms with van der Waals surface area (Å²) in [5.74, 6) is 6.05. The van der Waals surface area contributed by atoms with Crippen LogP contribution in [0.5, 0.6) is 0 Å². The lowest BCUT2D eigenvalue weighted by molar-refractivity contribution is -0.0822. The zero-order valence-corrected chi connectivity index (χ0v) is 18.5. The fraction of sp³-hybridized carbons (Fsp3) is 0.586. The molecule has 4 aliphatic carbocycles. The third kappa shape index (κ3) is 3.12. The highest BCUT2D eigenvalue weighted by Gasteiger charge is 2.54. The van der Waals surface area contributed by atoms with Crippen molar-refractivity contribution in [3.63, 3.8) is 0 Å². The fourth-order valence-electron chi connectivity index (χ4n) is 8.41. The van der Waals surface area contributed by atoms with Gasteiger partial charge in [-0.25, -0.2) is 0 Å². The van der Waals surface area contributed by atoms with E-state index in [1.165, 1.54) is 68.3 Å². The van der Waals surface area contributed by atoms with Crippen molar-refractivity contribution in [1.29, 1.82) is 0 Å². The van der Waals surface area contributed by atoms with E-state index in [1.54, 1.807) is 6.42 Å². The summed E-state index contributed by atoms with van der Waals surface area (Å²) in [6.45, 7) is 2.20. The number of nitrogens with zero attached hydrogens (tertiary/aromatic N) is 1. The number of hydrogen-bond donors (Lipinski definition) is 0. The molecule has 6 rings (SSSR count). The van der Waals surface area contributed by atoms with Crippen LogP contribution in [-0.2, 0) is 0 Å². The second kappa shape index (κ2) is 7.74. The highest BCUT2D eigenvalue weighted by atomic mass is 15.2. The van der Waals surface area contributed by atoms with Crippen LogP contribution in [0.1, 0.15) is 63.4 Å². The average Bonchev–Trinajstić information content (AvgIpc) is 2.80. The number of rotatable bonds is 3. The molecule has 0 spiro atoms. The van der Waals surface area contributed by atoms with Crippen LogP contribution in [0, 0.1) is 42.4 Å². The van der Waals surface area contributed by atoms with Gasteiger partial charge in [0.25, 0.3) is 0 Å². The Kier molecular flexibility index (Phi) is 4.89. The summed E-state index contributed by atoms with van der Waals surface area (Å²) in [6.07, 6.45) is 13.4. The number of benzene rings is 2. The van der Waals surface area contributed by atoms with Crippen molar-refractivity contribution in [2.45, 2.75) is 70.8 Å². The summed E-state index contributed by atoms with van der Waals surface area (Å²) >= 11 is 0. The largest absolute Gasteiger partial charge is 0.338 e. The second-order valence-corrected chi connectivity index (χ2v) is 10.9. The van der Waals surface area contributed by atoms with Crippen LogP contribution in [0.15, 0.2) is 54.6 Å². The lowest BCUT2D eigenvalue weighted by atomic mass is 9.47. The number of para-hydroxylation sites is 1. The highest BCUT2D eigenvalue weighted by Crippen LogP contribution is 2.61. The minimum Gasteiger partial charge on any atom is -0.338 e. The summed E-state index contributed by atoms with van der Waals surface area (Å²) in [7, 11) is 0. The normalized spacial score (nSPS) is 37.3. The number of hydrogen-bond acceptors (Lipinski definition) is 1. The Balaban J connectivity index is 1.39. The quantitative estimate of drug-likeness (QED) is 0.509. The lowest BCUT2D eigenvalue weighted by Gasteiger charge is -2.60. The van der Waals surface area contributed by atoms with Crippen LogP contribution < -0.4 is 4.90 Å². The zero-order valence-electron chi connectivity index (χ0n) is 18.5. The minimum atomic E-state index is 0.665. The van der Waals surface area contributed by atoms with Crippen molar-refractivity contribution < 1.29 is 0 Å². The standard InChI is InChI=1S/C29H37N/c1-20-10-16-25(17-11-20)30(24-8-3-2-4-9-24)27-19-15-23-13-12-21-6-5-7-22-14-18-26(27)29(23)28(21)22/h2-4,8-11,16-17,21-23,26-29H,5-7,12-15,18-19H2,1H3. The van der Waals surface area contributed by atoms with Gasteiger partial charge in [-0.1, -0.05) is 55.2 Å². The topological polar surface area (TPSA) is 3.24 Å². The van der Waals surface area contributed by atoms with Gasteiger partial charge in [0.2, 0.25) is 0 Å². The maximum absolute atomic E-state index is 2.74. The summed E-state index contributed by atoms with van der Waals surface area (Å²) in [6, 6.07) is 21.3. The van der Waals surface area contributed by atoms with Gasteiger partial charge in [0.05, 0.1) is 0 Å². The Hall–Kier alpha value is -1.76. The fourth-order valence-corrected chi connectivity index (χ4v) is 8.41. The Morgan fingerprint density at radius 1 is 0.600 bits per heavy atom. The van der Waals surface area contributed by atoms with E-state index < -0.39 is 0 Å². The van der Waals surface area contributed by atoms with Crippen LogP contribution in [0.3, 0.4) is 0 Å². The van der Waals surface area contributed by atoms with Gasteiger partial charge in [0.1, 0.15) is 0 Å². The van der Waals surface area contributed by atoms with Gasteiger partial charge in [-0.05, 0) is 105 Å². The summed E-state index contributed by atoms with van der Waals surface area (Å²) < 4.78 is 0. The van der Waals surface area contributed by atoms with E-state index in [2.05, 4.69) is 66.4 Å². The minimum absolute atomic E-state index is 0.665. The van der Waals surface area contributed by atoms with E-state index in [0.717, 1.165) is 35.5 Å². The molecule has 0 amide bonds. The molecule has 7 atom stereocenters. The Labute approximate surface area is 182 Å². The second-order valence-electron chi connectivity index (χ2n) is 10.9. The first-order valence-electron chi connectivity index (χ1n) is 12.7. The van der Waals surface area contributed by atoms with Gasteiger partial charge in [0, 0.05) is 17.4 Å². The summed E-state index contributed by atoms with van der Waals surface area (Å²) in [5, 5.41) is 0. The van der Waals surface area contributed by atoms with Gasteiger partial charge < -0.3 is 4.90 Å². The van der Waals surface area contributed by atoms with Crippen molar-refractivity contribution >= 4 is 11.4 Å². The molecule has 2 aromatic rings. The van der Waals surface area contributed by atoms with Crippen LogP contribution in [0.2, 0.25) is 0 Å². The van der Waals surface area contributed by atoms with Gasteiger partial charge in [-0.2, -0.15) is 0 Å².